The predicted octanol–water partition coefficient (Wildman–Crippen LogP) is 7.17. The minimum Gasteiger partial charge on any atom is -0.320 e. The van der Waals surface area contributed by atoms with Gasteiger partial charge in [0.05, 0.1) is 10.6 Å². The van der Waals surface area contributed by atoms with Crippen molar-refractivity contribution in [1.29, 1.82) is 5.26 Å². The third-order valence-corrected chi connectivity index (χ3v) is 5.69. The molecule has 2 aromatic carbocycles. The number of nitriles is 1. The lowest BCUT2D eigenvalue weighted by Gasteiger charge is -2.36. The van der Waals surface area contributed by atoms with E-state index in [0.29, 0.717) is 6.07 Å². The second-order valence-corrected chi connectivity index (χ2v) is 8.31. The van der Waals surface area contributed by atoms with E-state index in [9.17, 15) is 54.4 Å². The Bertz CT molecular complexity index is 1220. The Morgan fingerprint density at radius 1 is 0.943 bits per heavy atom. The van der Waals surface area contributed by atoms with E-state index in [1.807, 2.05) is 5.32 Å². The van der Waals surface area contributed by atoms with Gasteiger partial charge in [-0.1, -0.05) is 0 Å². The molecular weight excluding hydrogens is 637 g/mol. The summed E-state index contributed by atoms with van der Waals surface area (Å²) < 4.78 is 118. The molecule has 0 saturated carbocycles. The van der Waals surface area contributed by atoms with Gasteiger partial charge in [-0.3, -0.25) is 14.9 Å². The normalized spacial score (nSPS) is 14.1. The third kappa shape index (κ3) is 4.94. The van der Waals surface area contributed by atoms with Crippen molar-refractivity contribution in [2.45, 2.75) is 23.9 Å². The zero-order valence-corrected chi connectivity index (χ0v) is 19.3. The number of nitro benzene ring substituents is 1. The van der Waals surface area contributed by atoms with Crippen LogP contribution >= 0.6 is 31.9 Å². The Morgan fingerprint density at radius 2 is 1.46 bits per heavy atom. The molecule has 35 heavy (non-hydrogen) atoms. The Labute approximate surface area is 205 Å². The van der Waals surface area contributed by atoms with E-state index in [-0.39, 0.29) is 12.1 Å². The number of carbonyl (C=O) groups excluding carboxylic acids is 1. The molecular formula is C18H6Br2F9N3O3. The van der Waals surface area contributed by atoms with Crippen molar-refractivity contribution in [2.75, 3.05) is 5.32 Å². The fraction of sp³-hybridized carbons (Fsp3) is 0.222. The van der Waals surface area contributed by atoms with Gasteiger partial charge >= 0.3 is 23.9 Å². The van der Waals surface area contributed by atoms with Gasteiger partial charge in [-0.05, 0) is 56.1 Å². The largest absolute Gasteiger partial charge is 0.457 e. The van der Waals surface area contributed by atoms with Gasteiger partial charge in [0.1, 0.15) is 11.6 Å². The summed E-state index contributed by atoms with van der Waals surface area (Å²) in [5.74, 6) is -8.06. The number of nitrogens with zero attached hydrogens (tertiary/aromatic N) is 2. The number of hydrogen-bond acceptors (Lipinski definition) is 4. The summed E-state index contributed by atoms with van der Waals surface area (Å²) in [6, 6.07) is 4.01. The van der Waals surface area contributed by atoms with Crippen LogP contribution in [-0.4, -0.2) is 29.1 Å². The van der Waals surface area contributed by atoms with Gasteiger partial charge in [-0.15, -0.1) is 0 Å². The summed E-state index contributed by atoms with van der Waals surface area (Å²) in [6.07, 6.45) is -13.6. The molecule has 0 aromatic heterocycles. The van der Waals surface area contributed by atoms with Crippen molar-refractivity contribution in [2.24, 2.45) is 0 Å². The standard InChI is InChI=1S/C18H6Br2F9N3O3/c19-10-4-9(15(21,17(24,25)26)16(22,23)18(27,28)29)5-11(20)13(10)31-14(33)7-1-2-8(6-30)12(3-7)32(34)35/h1-5H,(H,31,33). The van der Waals surface area contributed by atoms with E-state index in [0.717, 1.165) is 12.1 Å². The van der Waals surface area contributed by atoms with E-state index >= 15 is 0 Å². The monoisotopic (exact) mass is 641 g/mol. The van der Waals surface area contributed by atoms with Crippen LogP contribution in [0, 0.1) is 21.4 Å². The van der Waals surface area contributed by atoms with Gasteiger partial charge in [-0.2, -0.15) is 40.4 Å². The number of halogens is 11. The summed E-state index contributed by atoms with van der Waals surface area (Å²) in [4.78, 5) is 22.5. The smallest absolute Gasteiger partial charge is 0.320 e. The lowest BCUT2D eigenvalue weighted by Crippen LogP contribution is -2.59. The average molecular weight is 643 g/mol. The summed E-state index contributed by atoms with van der Waals surface area (Å²) in [5, 5.41) is 21.9. The average Bonchev–Trinajstić information content (AvgIpc) is 2.72. The van der Waals surface area contributed by atoms with E-state index in [4.69, 9.17) is 5.26 Å². The molecule has 17 heteroatoms. The van der Waals surface area contributed by atoms with Gasteiger partial charge in [0.15, 0.2) is 0 Å². The lowest BCUT2D eigenvalue weighted by atomic mass is 9.87. The minimum atomic E-state index is -6.92. The number of carbonyl (C=O) groups is 1. The molecule has 1 unspecified atom stereocenters. The van der Waals surface area contributed by atoms with E-state index in [2.05, 4.69) is 31.9 Å². The molecule has 0 spiro atoms. The molecule has 1 atom stereocenters. The first kappa shape index (κ1) is 28.4. The molecule has 188 valence electrons. The summed E-state index contributed by atoms with van der Waals surface area (Å²) in [6.45, 7) is 0. The van der Waals surface area contributed by atoms with Crippen LogP contribution in [0.15, 0.2) is 39.3 Å². The van der Waals surface area contributed by atoms with Gasteiger partial charge in [0.25, 0.3) is 11.6 Å². The lowest BCUT2D eigenvalue weighted by molar-refractivity contribution is -0.389. The van der Waals surface area contributed by atoms with Crippen molar-refractivity contribution in [3.8, 4) is 6.07 Å². The Morgan fingerprint density at radius 3 is 1.86 bits per heavy atom. The highest BCUT2D eigenvalue weighted by atomic mass is 79.9. The first-order valence-corrected chi connectivity index (χ1v) is 10.1. The number of hydrogen-bond donors (Lipinski definition) is 1. The molecule has 0 bridgehead atoms. The van der Waals surface area contributed by atoms with Crippen LogP contribution in [-0.2, 0) is 5.67 Å². The topological polar surface area (TPSA) is 96.0 Å². The molecule has 0 aliphatic carbocycles. The van der Waals surface area contributed by atoms with Crippen LogP contribution in [0.3, 0.4) is 0 Å². The molecule has 1 amide bonds. The molecule has 0 saturated heterocycles. The van der Waals surface area contributed by atoms with Gasteiger partial charge in [-0.25, -0.2) is 4.39 Å². The molecule has 2 rings (SSSR count). The van der Waals surface area contributed by atoms with E-state index in [1.54, 1.807) is 0 Å². The Hall–Kier alpha value is -2.87. The maximum absolute atomic E-state index is 14.7. The highest BCUT2D eigenvalue weighted by molar-refractivity contribution is 9.11. The fourth-order valence-corrected chi connectivity index (χ4v) is 4.10. The Balaban J connectivity index is 2.58. The Kier molecular flexibility index (Phi) is 7.54. The summed E-state index contributed by atoms with van der Waals surface area (Å²) in [5.41, 5.74) is -10.5. The van der Waals surface area contributed by atoms with Crippen LogP contribution in [0.2, 0.25) is 0 Å². The third-order valence-electron chi connectivity index (χ3n) is 4.43. The van der Waals surface area contributed by atoms with Crippen LogP contribution in [0.25, 0.3) is 0 Å². The van der Waals surface area contributed by atoms with Crippen LogP contribution in [0.5, 0.6) is 0 Å². The first-order valence-electron chi connectivity index (χ1n) is 8.49. The second-order valence-electron chi connectivity index (χ2n) is 6.60. The van der Waals surface area contributed by atoms with Crippen molar-refractivity contribution >= 4 is 49.1 Å². The first-order chi connectivity index (χ1) is 15.8. The molecule has 0 heterocycles. The molecule has 0 aliphatic heterocycles. The maximum atomic E-state index is 14.7. The zero-order chi connectivity index (χ0) is 27.1. The molecule has 0 fully saturated rings. The van der Waals surface area contributed by atoms with Crippen molar-refractivity contribution in [3.05, 3.63) is 66.1 Å². The number of anilines is 1. The summed E-state index contributed by atoms with van der Waals surface area (Å²) >= 11 is 5.16. The number of nitro groups is 1. The van der Waals surface area contributed by atoms with Crippen LogP contribution in [0.1, 0.15) is 21.5 Å². The van der Waals surface area contributed by atoms with Gasteiger partial charge in [0.2, 0.25) is 0 Å². The van der Waals surface area contributed by atoms with Crippen molar-refractivity contribution in [3.63, 3.8) is 0 Å². The molecule has 0 radical (unpaired) electrons. The second kappa shape index (κ2) is 9.30. The SMILES string of the molecule is N#Cc1ccc(C(=O)Nc2c(Br)cc(C(F)(C(F)(F)F)C(F)(F)C(F)(F)F)cc2Br)cc1[N+](=O)[O-]. The van der Waals surface area contributed by atoms with Gasteiger partial charge in [0, 0.05) is 26.1 Å². The van der Waals surface area contributed by atoms with E-state index in [1.165, 1.54) is 6.07 Å². The predicted molar refractivity (Wildman–Crippen MR) is 107 cm³/mol. The number of rotatable bonds is 5. The van der Waals surface area contributed by atoms with Gasteiger partial charge < -0.3 is 5.32 Å². The number of alkyl halides is 9. The molecule has 6 nitrogen and oxygen atoms in total. The van der Waals surface area contributed by atoms with Crippen LogP contribution in [0.4, 0.5) is 50.9 Å². The highest BCUT2D eigenvalue weighted by Gasteiger charge is 2.81. The zero-order valence-electron chi connectivity index (χ0n) is 16.2. The minimum absolute atomic E-state index is 0.0330. The summed E-state index contributed by atoms with van der Waals surface area (Å²) in [7, 11) is 0. The number of amides is 1. The van der Waals surface area contributed by atoms with Crippen LogP contribution < -0.4 is 5.32 Å². The maximum Gasteiger partial charge on any atom is 0.457 e. The fourth-order valence-electron chi connectivity index (χ4n) is 2.71. The molecule has 1 N–H and O–H groups in total. The number of benzene rings is 2. The van der Waals surface area contributed by atoms with Crippen molar-refractivity contribution in [1.82, 2.24) is 0 Å². The number of nitrogens with one attached hydrogen (secondary N) is 1. The molecule has 0 aliphatic rings. The highest BCUT2D eigenvalue weighted by Crippen LogP contribution is 2.59. The van der Waals surface area contributed by atoms with Crippen molar-refractivity contribution < 1.29 is 49.2 Å². The molecule has 2 aromatic rings. The quantitative estimate of drug-likeness (QED) is 0.213. The van der Waals surface area contributed by atoms with E-state index < -0.39 is 71.8 Å².